The van der Waals surface area contributed by atoms with Crippen molar-refractivity contribution in [3.63, 3.8) is 0 Å². The molecule has 0 amide bonds. The van der Waals surface area contributed by atoms with Crippen molar-refractivity contribution in [1.82, 2.24) is 0 Å². The van der Waals surface area contributed by atoms with Crippen molar-refractivity contribution in [3.05, 3.63) is 0 Å². The van der Waals surface area contributed by atoms with Gasteiger partial charge in [-0.25, -0.2) is 0 Å². The summed E-state index contributed by atoms with van der Waals surface area (Å²) in [5.74, 6) is 0.834. The molecule has 94 valence electrons. The molecule has 16 heavy (non-hydrogen) atoms. The van der Waals surface area contributed by atoms with Crippen LogP contribution >= 0.6 is 0 Å². The van der Waals surface area contributed by atoms with Crippen LogP contribution in [-0.4, -0.2) is 23.8 Å². The number of carbonyl (C=O) groups is 1. The Morgan fingerprint density at radius 2 is 1.81 bits per heavy atom. The highest BCUT2D eigenvalue weighted by Crippen LogP contribution is 2.30. The van der Waals surface area contributed by atoms with E-state index in [4.69, 9.17) is 9.84 Å². The molecule has 0 bridgehead atoms. The van der Waals surface area contributed by atoms with Crippen LogP contribution in [0.3, 0.4) is 0 Å². The molecule has 1 N–H and O–H groups in total. The third kappa shape index (κ3) is 5.50. The fourth-order valence-electron chi connectivity index (χ4n) is 2.64. The summed E-state index contributed by atoms with van der Waals surface area (Å²) >= 11 is 0. The highest BCUT2D eigenvalue weighted by Gasteiger charge is 2.23. The van der Waals surface area contributed by atoms with Crippen LogP contribution in [0.4, 0.5) is 0 Å². The fraction of sp³-hybridized carbons (Fsp3) is 0.923. The molecular formula is C13H24O3. The van der Waals surface area contributed by atoms with E-state index in [2.05, 4.69) is 13.8 Å². The minimum Gasteiger partial charge on any atom is -0.481 e. The van der Waals surface area contributed by atoms with Crippen LogP contribution in [0.25, 0.3) is 0 Å². The Morgan fingerprint density at radius 3 is 2.38 bits per heavy atom. The molecule has 0 saturated heterocycles. The quantitative estimate of drug-likeness (QED) is 0.711. The lowest BCUT2D eigenvalue weighted by atomic mass is 9.82. The summed E-state index contributed by atoms with van der Waals surface area (Å²) in [6.07, 6.45) is 5.92. The molecular weight excluding hydrogens is 204 g/mol. The maximum Gasteiger partial charge on any atom is 0.303 e. The molecule has 0 spiro atoms. The van der Waals surface area contributed by atoms with E-state index in [9.17, 15) is 4.79 Å². The van der Waals surface area contributed by atoms with Gasteiger partial charge in [-0.05, 0) is 43.9 Å². The molecule has 1 aliphatic rings. The zero-order valence-electron chi connectivity index (χ0n) is 10.4. The minimum absolute atomic E-state index is 0.265. The molecule has 2 atom stereocenters. The van der Waals surface area contributed by atoms with Crippen LogP contribution in [0, 0.1) is 11.8 Å². The van der Waals surface area contributed by atoms with E-state index in [-0.39, 0.29) is 6.42 Å². The van der Waals surface area contributed by atoms with E-state index < -0.39 is 5.97 Å². The van der Waals surface area contributed by atoms with Gasteiger partial charge in [-0.1, -0.05) is 13.8 Å². The molecule has 0 aromatic rings. The molecule has 0 aromatic carbocycles. The van der Waals surface area contributed by atoms with Crippen molar-refractivity contribution in [1.29, 1.82) is 0 Å². The average Bonchev–Trinajstić information content (AvgIpc) is 2.15. The van der Waals surface area contributed by atoms with E-state index in [0.29, 0.717) is 6.10 Å². The lowest BCUT2D eigenvalue weighted by Gasteiger charge is -2.31. The van der Waals surface area contributed by atoms with Gasteiger partial charge in [0.05, 0.1) is 6.10 Å². The van der Waals surface area contributed by atoms with Crippen molar-refractivity contribution in [2.45, 2.75) is 58.5 Å². The maximum atomic E-state index is 10.3. The lowest BCUT2D eigenvalue weighted by molar-refractivity contribution is -0.137. The summed E-state index contributed by atoms with van der Waals surface area (Å²) in [5.41, 5.74) is 0. The topological polar surface area (TPSA) is 46.5 Å². The highest BCUT2D eigenvalue weighted by atomic mass is 16.5. The SMILES string of the molecule is CC1CC(C)CC(OCCCCC(=O)O)C1. The number of unbranched alkanes of at least 4 members (excludes halogenated alkanes) is 1. The largest absolute Gasteiger partial charge is 0.481 e. The summed E-state index contributed by atoms with van der Waals surface area (Å²) in [5, 5.41) is 8.49. The molecule has 0 aliphatic heterocycles. The van der Waals surface area contributed by atoms with Crippen molar-refractivity contribution < 1.29 is 14.6 Å². The van der Waals surface area contributed by atoms with Gasteiger partial charge in [0.1, 0.15) is 0 Å². The van der Waals surface area contributed by atoms with Gasteiger partial charge in [-0.15, -0.1) is 0 Å². The third-order valence-electron chi connectivity index (χ3n) is 3.27. The Kier molecular flexibility index (Phi) is 5.81. The summed E-state index contributed by atoms with van der Waals surface area (Å²) in [6, 6.07) is 0. The van der Waals surface area contributed by atoms with Crippen LogP contribution in [0.2, 0.25) is 0 Å². The number of hydrogen-bond acceptors (Lipinski definition) is 2. The summed E-state index contributed by atoms with van der Waals surface area (Å²) in [6.45, 7) is 5.30. The number of aliphatic carboxylic acids is 1. The maximum absolute atomic E-state index is 10.3. The predicted octanol–water partition coefficient (Wildman–Crippen LogP) is 3.08. The first-order valence-corrected chi connectivity index (χ1v) is 6.41. The van der Waals surface area contributed by atoms with Gasteiger partial charge in [0.25, 0.3) is 0 Å². The Balaban J connectivity index is 2.06. The number of carboxylic acids is 1. The molecule has 0 heterocycles. The molecule has 0 radical (unpaired) electrons. The Labute approximate surface area is 98.2 Å². The van der Waals surface area contributed by atoms with Crippen molar-refractivity contribution >= 4 is 5.97 Å². The average molecular weight is 228 g/mol. The zero-order valence-corrected chi connectivity index (χ0v) is 10.4. The zero-order chi connectivity index (χ0) is 12.0. The number of carboxylic acid groups (broad SMARTS) is 1. The van der Waals surface area contributed by atoms with Gasteiger partial charge in [0.15, 0.2) is 0 Å². The summed E-state index contributed by atoms with van der Waals surface area (Å²) in [7, 11) is 0. The van der Waals surface area contributed by atoms with Gasteiger partial charge in [-0.3, -0.25) is 4.79 Å². The molecule has 1 saturated carbocycles. The van der Waals surface area contributed by atoms with Crippen LogP contribution in [-0.2, 0) is 9.53 Å². The van der Waals surface area contributed by atoms with E-state index >= 15 is 0 Å². The highest BCUT2D eigenvalue weighted by molar-refractivity contribution is 5.66. The first kappa shape index (κ1) is 13.5. The normalized spacial score (nSPS) is 30.2. The van der Waals surface area contributed by atoms with Gasteiger partial charge in [0, 0.05) is 13.0 Å². The third-order valence-corrected chi connectivity index (χ3v) is 3.27. The number of ether oxygens (including phenoxy) is 1. The molecule has 3 heteroatoms. The van der Waals surface area contributed by atoms with Crippen LogP contribution < -0.4 is 0 Å². The lowest BCUT2D eigenvalue weighted by Crippen LogP contribution is -2.26. The molecule has 1 rings (SSSR count). The van der Waals surface area contributed by atoms with Crippen molar-refractivity contribution in [2.75, 3.05) is 6.61 Å². The van der Waals surface area contributed by atoms with E-state index in [1.54, 1.807) is 0 Å². The Morgan fingerprint density at radius 1 is 1.19 bits per heavy atom. The Bertz CT molecular complexity index is 205. The second kappa shape index (κ2) is 6.89. The standard InChI is InChI=1S/C13H24O3/c1-10-7-11(2)9-12(8-10)16-6-4-3-5-13(14)15/h10-12H,3-9H2,1-2H3,(H,14,15). The Hall–Kier alpha value is -0.570. The van der Waals surface area contributed by atoms with Gasteiger partial charge < -0.3 is 9.84 Å². The van der Waals surface area contributed by atoms with Crippen molar-refractivity contribution in [2.24, 2.45) is 11.8 Å². The summed E-state index contributed by atoms with van der Waals surface area (Å²) < 4.78 is 5.81. The predicted molar refractivity (Wildman–Crippen MR) is 63.4 cm³/mol. The number of hydrogen-bond donors (Lipinski definition) is 1. The summed E-state index contributed by atoms with van der Waals surface area (Å²) in [4.78, 5) is 10.3. The molecule has 0 aromatic heterocycles. The second-order valence-corrected chi connectivity index (χ2v) is 5.26. The minimum atomic E-state index is -0.708. The van der Waals surface area contributed by atoms with Crippen molar-refractivity contribution in [3.8, 4) is 0 Å². The second-order valence-electron chi connectivity index (χ2n) is 5.26. The van der Waals surface area contributed by atoms with Gasteiger partial charge in [-0.2, -0.15) is 0 Å². The molecule has 1 aliphatic carbocycles. The first-order chi connectivity index (χ1) is 7.58. The van der Waals surface area contributed by atoms with E-state index in [1.807, 2.05) is 0 Å². The monoisotopic (exact) mass is 228 g/mol. The van der Waals surface area contributed by atoms with Gasteiger partial charge in [0.2, 0.25) is 0 Å². The van der Waals surface area contributed by atoms with E-state index in [0.717, 1.165) is 31.3 Å². The smallest absolute Gasteiger partial charge is 0.303 e. The van der Waals surface area contributed by atoms with Gasteiger partial charge >= 0.3 is 5.97 Å². The molecule has 2 unspecified atom stereocenters. The van der Waals surface area contributed by atoms with E-state index in [1.165, 1.54) is 19.3 Å². The van der Waals surface area contributed by atoms with Crippen LogP contribution in [0.15, 0.2) is 0 Å². The van der Waals surface area contributed by atoms with Crippen LogP contribution in [0.1, 0.15) is 52.4 Å². The fourth-order valence-corrected chi connectivity index (χ4v) is 2.64. The molecule has 1 fully saturated rings. The first-order valence-electron chi connectivity index (χ1n) is 6.41. The van der Waals surface area contributed by atoms with Crippen LogP contribution in [0.5, 0.6) is 0 Å². The molecule has 3 nitrogen and oxygen atoms in total. The number of rotatable bonds is 6.